The van der Waals surface area contributed by atoms with Crippen molar-refractivity contribution in [1.82, 2.24) is 5.32 Å². The lowest BCUT2D eigenvalue weighted by molar-refractivity contribution is -0.123. The third kappa shape index (κ3) is 4.77. The van der Waals surface area contributed by atoms with E-state index in [0.29, 0.717) is 6.54 Å². The zero-order valence-electron chi connectivity index (χ0n) is 9.85. The molecule has 17 heavy (non-hydrogen) atoms. The molecular weight excluding hydrogens is 236 g/mol. The lowest BCUT2D eigenvalue weighted by Gasteiger charge is -2.09. The number of hydrogen-bond acceptors (Lipinski definition) is 4. The van der Waals surface area contributed by atoms with Gasteiger partial charge in [0.05, 0.1) is 6.61 Å². The molecule has 1 rings (SSSR count). The van der Waals surface area contributed by atoms with E-state index in [4.69, 9.17) is 10.8 Å². The normalized spacial score (nSPS) is 12.2. The first kappa shape index (κ1) is 14.0. The summed E-state index contributed by atoms with van der Waals surface area (Å²) in [4.78, 5) is 12.5. The van der Waals surface area contributed by atoms with Crippen molar-refractivity contribution < 1.29 is 9.90 Å². The number of rotatable bonds is 6. The molecule has 0 aliphatic rings. The number of nitrogens with one attached hydrogen (secondary N) is 1. The Morgan fingerprint density at radius 1 is 1.47 bits per heavy atom. The smallest absolute Gasteiger partial charge is 0.239 e. The highest BCUT2D eigenvalue weighted by Gasteiger charge is 2.10. The van der Waals surface area contributed by atoms with Crippen molar-refractivity contribution >= 4 is 17.7 Å². The summed E-state index contributed by atoms with van der Waals surface area (Å²) in [5.74, 6) is 0.709. The number of aliphatic hydroxyl groups excluding tert-OH is 1. The van der Waals surface area contributed by atoms with Gasteiger partial charge in [-0.25, -0.2) is 0 Å². The van der Waals surface area contributed by atoms with Gasteiger partial charge < -0.3 is 16.2 Å². The molecule has 0 aliphatic heterocycles. The number of benzene rings is 1. The molecule has 4 N–H and O–H groups in total. The van der Waals surface area contributed by atoms with Crippen LogP contribution in [0.5, 0.6) is 0 Å². The Morgan fingerprint density at radius 2 is 2.12 bits per heavy atom. The molecule has 94 valence electrons. The summed E-state index contributed by atoms with van der Waals surface area (Å²) in [7, 11) is 0. The minimum Gasteiger partial charge on any atom is -0.394 e. The minimum atomic E-state index is -0.843. The highest BCUT2D eigenvalue weighted by molar-refractivity contribution is 7.99. The number of hydrogen-bond donors (Lipinski definition) is 3. The second kappa shape index (κ2) is 7.32. The molecule has 1 unspecified atom stereocenters. The van der Waals surface area contributed by atoms with Crippen LogP contribution >= 0.6 is 11.8 Å². The van der Waals surface area contributed by atoms with E-state index in [-0.39, 0.29) is 12.5 Å². The molecule has 1 aromatic rings. The standard InChI is InChI=1S/C12H18N2O2S/c1-2-17-10-5-3-9(4-6-10)7-14-12(16)11(13)8-15/h3-6,11,15H,2,7-8,13H2,1H3,(H,14,16). The number of aliphatic hydroxyl groups is 1. The summed E-state index contributed by atoms with van der Waals surface area (Å²) in [6.45, 7) is 2.20. The lowest BCUT2D eigenvalue weighted by atomic mass is 10.2. The van der Waals surface area contributed by atoms with Crippen LogP contribution in [0.25, 0.3) is 0 Å². The summed E-state index contributed by atoms with van der Waals surface area (Å²) in [5, 5.41) is 11.4. The molecule has 0 spiro atoms. The Balaban J connectivity index is 2.44. The highest BCUT2D eigenvalue weighted by Crippen LogP contribution is 2.17. The maximum atomic E-state index is 11.3. The van der Waals surface area contributed by atoms with Crippen LogP contribution in [0, 0.1) is 0 Å². The molecule has 0 aromatic heterocycles. The van der Waals surface area contributed by atoms with Gasteiger partial charge in [0.25, 0.3) is 0 Å². The summed E-state index contributed by atoms with van der Waals surface area (Å²) in [5.41, 5.74) is 6.40. The third-order valence-corrected chi connectivity index (χ3v) is 3.13. The van der Waals surface area contributed by atoms with Gasteiger partial charge in [-0.3, -0.25) is 4.79 Å². The molecule has 0 aliphatic carbocycles. The van der Waals surface area contributed by atoms with Crippen LogP contribution < -0.4 is 11.1 Å². The van der Waals surface area contributed by atoms with Gasteiger partial charge in [0.15, 0.2) is 0 Å². The second-order valence-corrected chi connectivity index (χ2v) is 4.92. The maximum absolute atomic E-state index is 11.3. The number of amides is 1. The van der Waals surface area contributed by atoms with Gasteiger partial charge in [0.2, 0.25) is 5.91 Å². The quantitative estimate of drug-likeness (QED) is 0.654. The second-order valence-electron chi connectivity index (χ2n) is 3.58. The fourth-order valence-corrected chi connectivity index (χ4v) is 1.94. The van der Waals surface area contributed by atoms with Crippen LogP contribution in [0.3, 0.4) is 0 Å². The first-order chi connectivity index (χ1) is 8.17. The zero-order chi connectivity index (χ0) is 12.7. The van der Waals surface area contributed by atoms with Gasteiger partial charge in [-0.05, 0) is 23.4 Å². The Bertz CT molecular complexity index is 354. The van der Waals surface area contributed by atoms with Crippen molar-refractivity contribution in [3.8, 4) is 0 Å². The molecule has 1 amide bonds. The van der Waals surface area contributed by atoms with Gasteiger partial charge in [0.1, 0.15) is 6.04 Å². The van der Waals surface area contributed by atoms with E-state index in [1.165, 1.54) is 4.90 Å². The molecule has 0 bridgehead atoms. The third-order valence-electron chi connectivity index (χ3n) is 2.23. The molecule has 0 saturated carbocycles. The van der Waals surface area contributed by atoms with E-state index in [0.717, 1.165) is 11.3 Å². The summed E-state index contributed by atoms with van der Waals surface area (Å²) < 4.78 is 0. The fraction of sp³-hybridized carbons (Fsp3) is 0.417. The lowest BCUT2D eigenvalue weighted by Crippen LogP contribution is -2.42. The predicted octanol–water partition coefficient (Wildman–Crippen LogP) is 0.734. The number of thioether (sulfide) groups is 1. The van der Waals surface area contributed by atoms with E-state index in [9.17, 15) is 4.79 Å². The van der Waals surface area contributed by atoms with Gasteiger partial charge in [-0.2, -0.15) is 0 Å². The fourth-order valence-electron chi connectivity index (χ4n) is 1.27. The first-order valence-corrected chi connectivity index (χ1v) is 6.51. The molecule has 5 heteroatoms. The Hall–Kier alpha value is -1.04. The molecule has 0 radical (unpaired) electrons. The largest absolute Gasteiger partial charge is 0.394 e. The maximum Gasteiger partial charge on any atom is 0.239 e. The Morgan fingerprint density at radius 3 is 2.65 bits per heavy atom. The van der Waals surface area contributed by atoms with Crippen LogP contribution in [0.4, 0.5) is 0 Å². The van der Waals surface area contributed by atoms with Crippen LogP contribution in [0.1, 0.15) is 12.5 Å². The van der Waals surface area contributed by atoms with Crippen molar-refractivity contribution in [2.75, 3.05) is 12.4 Å². The number of carbonyl (C=O) groups is 1. The van der Waals surface area contributed by atoms with E-state index < -0.39 is 6.04 Å². The molecule has 1 aromatic carbocycles. The molecular formula is C12H18N2O2S. The van der Waals surface area contributed by atoms with Gasteiger partial charge >= 0.3 is 0 Å². The van der Waals surface area contributed by atoms with Crippen molar-refractivity contribution in [2.45, 2.75) is 24.4 Å². The molecule has 1 atom stereocenters. The monoisotopic (exact) mass is 254 g/mol. The number of carbonyl (C=O) groups excluding carboxylic acids is 1. The highest BCUT2D eigenvalue weighted by atomic mass is 32.2. The van der Waals surface area contributed by atoms with Crippen LogP contribution in [0.2, 0.25) is 0 Å². The Labute approximate surface area is 106 Å². The molecule has 4 nitrogen and oxygen atoms in total. The zero-order valence-corrected chi connectivity index (χ0v) is 10.7. The average molecular weight is 254 g/mol. The SMILES string of the molecule is CCSc1ccc(CNC(=O)C(N)CO)cc1. The van der Waals surface area contributed by atoms with Gasteiger partial charge in [0, 0.05) is 11.4 Å². The van der Waals surface area contributed by atoms with Crippen molar-refractivity contribution in [3.05, 3.63) is 29.8 Å². The van der Waals surface area contributed by atoms with Crippen molar-refractivity contribution in [3.63, 3.8) is 0 Å². The summed E-state index contributed by atoms with van der Waals surface area (Å²) in [6, 6.07) is 7.17. The molecule has 0 heterocycles. The van der Waals surface area contributed by atoms with E-state index >= 15 is 0 Å². The molecule has 0 saturated heterocycles. The summed E-state index contributed by atoms with van der Waals surface area (Å²) >= 11 is 1.78. The first-order valence-electron chi connectivity index (χ1n) is 5.53. The predicted molar refractivity (Wildman–Crippen MR) is 69.7 cm³/mol. The summed E-state index contributed by atoms with van der Waals surface area (Å²) in [6.07, 6.45) is 0. The topological polar surface area (TPSA) is 75.4 Å². The van der Waals surface area contributed by atoms with Gasteiger partial charge in [-0.1, -0.05) is 19.1 Å². The minimum absolute atomic E-state index is 0.334. The van der Waals surface area contributed by atoms with E-state index in [1.54, 1.807) is 11.8 Å². The van der Waals surface area contributed by atoms with E-state index in [2.05, 4.69) is 12.2 Å². The van der Waals surface area contributed by atoms with Crippen LogP contribution in [-0.2, 0) is 11.3 Å². The number of nitrogens with two attached hydrogens (primary N) is 1. The van der Waals surface area contributed by atoms with Crippen LogP contribution in [-0.4, -0.2) is 29.4 Å². The Kier molecular flexibility index (Phi) is 6.04. The van der Waals surface area contributed by atoms with Crippen molar-refractivity contribution in [2.24, 2.45) is 5.73 Å². The van der Waals surface area contributed by atoms with Crippen LogP contribution in [0.15, 0.2) is 29.2 Å². The van der Waals surface area contributed by atoms with Crippen molar-refractivity contribution in [1.29, 1.82) is 0 Å². The average Bonchev–Trinajstić information content (AvgIpc) is 2.37. The van der Waals surface area contributed by atoms with Gasteiger partial charge in [-0.15, -0.1) is 11.8 Å². The van der Waals surface area contributed by atoms with E-state index in [1.807, 2.05) is 24.3 Å². The molecule has 0 fully saturated rings.